The number of amides is 1. The molecule has 0 radical (unpaired) electrons. The van der Waals surface area contributed by atoms with Crippen LogP contribution in [0.2, 0.25) is 0 Å². The maximum Gasteiger partial charge on any atom is 0.263 e. The van der Waals surface area contributed by atoms with Gasteiger partial charge in [0.05, 0.1) is 11.6 Å². The zero-order valence-corrected chi connectivity index (χ0v) is 15.3. The number of carbonyl (C=O) groups excluding carboxylic acids is 1. The van der Waals surface area contributed by atoms with Crippen LogP contribution in [0.3, 0.4) is 0 Å². The Morgan fingerprint density at radius 2 is 2.20 bits per heavy atom. The van der Waals surface area contributed by atoms with Crippen molar-refractivity contribution < 1.29 is 9.53 Å². The monoisotopic (exact) mass is 346 g/mol. The predicted molar refractivity (Wildman–Crippen MR) is 96.7 cm³/mol. The normalized spacial score (nSPS) is 20.8. The summed E-state index contributed by atoms with van der Waals surface area (Å²) >= 11 is 0. The van der Waals surface area contributed by atoms with Crippen LogP contribution in [0.1, 0.15) is 38.3 Å². The molecule has 3 rings (SSSR count). The van der Waals surface area contributed by atoms with Gasteiger partial charge in [-0.05, 0) is 38.2 Å². The van der Waals surface area contributed by atoms with Crippen LogP contribution in [0.4, 0.5) is 5.82 Å². The Morgan fingerprint density at radius 1 is 1.44 bits per heavy atom. The van der Waals surface area contributed by atoms with Crippen LogP contribution in [0, 0.1) is 12.8 Å². The Kier molecular flexibility index (Phi) is 4.94. The summed E-state index contributed by atoms with van der Waals surface area (Å²) in [5.41, 5.74) is 1.44. The maximum absolute atomic E-state index is 12.6. The van der Waals surface area contributed by atoms with Crippen molar-refractivity contribution in [2.75, 3.05) is 11.9 Å². The molecule has 7 nitrogen and oxygen atoms in total. The maximum atomic E-state index is 12.6. The van der Waals surface area contributed by atoms with E-state index in [-0.39, 0.29) is 17.6 Å². The average Bonchev–Trinajstić information content (AvgIpc) is 2.88. The molecule has 1 amide bonds. The first-order valence-electron chi connectivity index (χ1n) is 8.85. The highest BCUT2D eigenvalue weighted by atomic mass is 16.5. The SMILES string of the molecule is CCC1CC(CC(=O)Nc2nn(C)c3cc(C)n(C)c(=O)c23)CCO1. The van der Waals surface area contributed by atoms with E-state index in [9.17, 15) is 9.59 Å². The van der Waals surface area contributed by atoms with E-state index in [0.717, 1.165) is 30.5 Å². The summed E-state index contributed by atoms with van der Waals surface area (Å²) in [5.74, 6) is 0.574. The van der Waals surface area contributed by atoms with Gasteiger partial charge in [0.2, 0.25) is 5.91 Å². The van der Waals surface area contributed by atoms with Crippen LogP contribution < -0.4 is 10.9 Å². The molecule has 0 aliphatic carbocycles. The van der Waals surface area contributed by atoms with E-state index >= 15 is 0 Å². The highest BCUT2D eigenvalue weighted by Crippen LogP contribution is 2.26. The minimum absolute atomic E-state index is 0.0932. The molecule has 2 atom stereocenters. The van der Waals surface area contributed by atoms with Crippen molar-refractivity contribution >= 4 is 22.6 Å². The Hall–Kier alpha value is -2.15. The summed E-state index contributed by atoms with van der Waals surface area (Å²) in [5, 5.41) is 7.65. The van der Waals surface area contributed by atoms with Crippen molar-refractivity contribution in [2.45, 2.75) is 45.6 Å². The third-order valence-electron chi connectivity index (χ3n) is 5.15. The number of anilines is 1. The molecular weight excluding hydrogens is 320 g/mol. The molecule has 7 heteroatoms. The molecule has 0 aromatic carbocycles. The minimum Gasteiger partial charge on any atom is -0.378 e. The first-order chi connectivity index (χ1) is 11.9. The molecule has 2 aromatic rings. The number of hydrogen-bond acceptors (Lipinski definition) is 4. The lowest BCUT2D eigenvalue weighted by Crippen LogP contribution is -2.28. The van der Waals surface area contributed by atoms with Crippen LogP contribution in [-0.4, -0.2) is 33.0 Å². The topological polar surface area (TPSA) is 78.2 Å². The van der Waals surface area contributed by atoms with Crippen molar-refractivity contribution in [3.63, 3.8) is 0 Å². The number of ether oxygens (including phenoxy) is 1. The van der Waals surface area contributed by atoms with Gasteiger partial charge >= 0.3 is 0 Å². The summed E-state index contributed by atoms with van der Waals surface area (Å²) in [6.45, 7) is 4.69. The van der Waals surface area contributed by atoms with Gasteiger partial charge in [-0.15, -0.1) is 0 Å². The van der Waals surface area contributed by atoms with Crippen LogP contribution >= 0.6 is 0 Å². The number of pyridine rings is 1. The highest BCUT2D eigenvalue weighted by Gasteiger charge is 2.24. The number of rotatable bonds is 4. The third-order valence-corrected chi connectivity index (χ3v) is 5.15. The number of carbonyl (C=O) groups is 1. The molecule has 0 spiro atoms. The Balaban J connectivity index is 1.80. The second-order valence-electron chi connectivity index (χ2n) is 6.93. The van der Waals surface area contributed by atoms with E-state index < -0.39 is 0 Å². The van der Waals surface area contributed by atoms with Crippen LogP contribution in [0.15, 0.2) is 10.9 Å². The van der Waals surface area contributed by atoms with Crippen molar-refractivity contribution in [1.82, 2.24) is 14.3 Å². The van der Waals surface area contributed by atoms with E-state index in [1.165, 1.54) is 0 Å². The second-order valence-corrected chi connectivity index (χ2v) is 6.93. The predicted octanol–water partition coefficient (Wildman–Crippen LogP) is 2.11. The first kappa shape index (κ1) is 17.7. The number of aromatic nitrogens is 3. The van der Waals surface area contributed by atoms with Crippen molar-refractivity contribution in [1.29, 1.82) is 0 Å². The average molecular weight is 346 g/mol. The number of fused-ring (bicyclic) bond motifs is 1. The lowest BCUT2D eigenvalue weighted by molar-refractivity contribution is -0.118. The zero-order valence-electron chi connectivity index (χ0n) is 15.3. The van der Waals surface area contributed by atoms with Gasteiger partial charge in [0.15, 0.2) is 5.82 Å². The fraction of sp³-hybridized carbons (Fsp3) is 0.611. The molecule has 1 aliphatic rings. The molecule has 136 valence electrons. The van der Waals surface area contributed by atoms with Crippen molar-refractivity contribution in [2.24, 2.45) is 20.0 Å². The zero-order chi connectivity index (χ0) is 18.1. The van der Waals surface area contributed by atoms with Crippen LogP contribution in [-0.2, 0) is 23.6 Å². The molecular formula is C18H26N4O3. The Morgan fingerprint density at radius 3 is 2.92 bits per heavy atom. The molecule has 1 N–H and O–H groups in total. The van der Waals surface area contributed by atoms with Crippen LogP contribution in [0.5, 0.6) is 0 Å². The number of hydrogen-bond donors (Lipinski definition) is 1. The number of nitrogens with one attached hydrogen (secondary N) is 1. The molecule has 0 saturated carbocycles. The van der Waals surface area contributed by atoms with Gasteiger partial charge in [-0.1, -0.05) is 6.92 Å². The second kappa shape index (κ2) is 7.00. The Bertz CT molecular complexity index is 852. The number of nitrogens with zero attached hydrogens (tertiary/aromatic N) is 3. The van der Waals surface area contributed by atoms with Gasteiger partial charge < -0.3 is 14.6 Å². The minimum atomic E-state index is -0.143. The standard InChI is InChI=1S/C18H26N4O3/c1-5-13-9-12(6-7-25-13)10-15(23)19-17-16-14(22(4)20-17)8-11(2)21(3)18(16)24/h8,12-13H,5-7,9-10H2,1-4H3,(H,19,20,23). The lowest BCUT2D eigenvalue weighted by atomic mass is 9.91. The molecule has 2 unspecified atom stereocenters. The van der Waals surface area contributed by atoms with Gasteiger partial charge in [-0.2, -0.15) is 5.10 Å². The molecule has 1 saturated heterocycles. The molecule has 3 heterocycles. The van der Waals surface area contributed by atoms with Crippen molar-refractivity contribution in [3.05, 3.63) is 22.1 Å². The lowest BCUT2D eigenvalue weighted by Gasteiger charge is -2.28. The summed E-state index contributed by atoms with van der Waals surface area (Å²) in [6.07, 6.45) is 3.46. The first-order valence-corrected chi connectivity index (χ1v) is 8.85. The largest absolute Gasteiger partial charge is 0.378 e. The van der Waals surface area contributed by atoms with E-state index in [2.05, 4.69) is 17.3 Å². The van der Waals surface area contributed by atoms with E-state index in [1.54, 1.807) is 23.3 Å². The van der Waals surface area contributed by atoms with Gasteiger partial charge in [-0.3, -0.25) is 14.3 Å². The summed E-state index contributed by atoms with van der Waals surface area (Å²) in [7, 11) is 3.50. The Labute approximate surface area is 147 Å². The van der Waals surface area contributed by atoms with Crippen molar-refractivity contribution in [3.8, 4) is 0 Å². The van der Waals surface area contributed by atoms with E-state index in [4.69, 9.17) is 4.74 Å². The fourth-order valence-corrected chi connectivity index (χ4v) is 3.50. The molecule has 2 aromatic heterocycles. The van der Waals surface area contributed by atoms with E-state index in [1.807, 2.05) is 13.0 Å². The van der Waals surface area contributed by atoms with Gasteiger partial charge in [0, 0.05) is 32.8 Å². The molecule has 25 heavy (non-hydrogen) atoms. The molecule has 1 aliphatic heterocycles. The van der Waals surface area contributed by atoms with Crippen LogP contribution in [0.25, 0.3) is 10.9 Å². The quantitative estimate of drug-likeness (QED) is 0.920. The van der Waals surface area contributed by atoms with E-state index in [0.29, 0.717) is 30.1 Å². The van der Waals surface area contributed by atoms with Gasteiger partial charge in [-0.25, -0.2) is 0 Å². The third kappa shape index (κ3) is 3.46. The fourth-order valence-electron chi connectivity index (χ4n) is 3.50. The number of aryl methyl sites for hydroxylation is 2. The summed E-state index contributed by atoms with van der Waals surface area (Å²) < 4.78 is 8.88. The smallest absolute Gasteiger partial charge is 0.263 e. The van der Waals surface area contributed by atoms with Gasteiger partial charge in [0.25, 0.3) is 5.56 Å². The molecule has 1 fully saturated rings. The highest BCUT2D eigenvalue weighted by molar-refractivity contribution is 5.99. The summed E-state index contributed by atoms with van der Waals surface area (Å²) in [4.78, 5) is 25.1. The molecule has 0 bridgehead atoms. The van der Waals surface area contributed by atoms with Gasteiger partial charge in [0.1, 0.15) is 5.39 Å². The summed E-state index contributed by atoms with van der Waals surface area (Å²) in [6, 6.07) is 1.91.